The van der Waals surface area contributed by atoms with Gasteiger partial charge in [-0.1, -0.05) is 11.8 Å². The second-order valence-electron chi connectivity index (χ2n) is 6.36. The quantitative estimate of drug-likeness (QED) is 0.668. The zero-order chi connectivity index (χ0) is 16.8. The number of aromatic nitrogens is 3. The van der Waals surface area contributed by atoms with Gasteiger partial charge in [-0.05, 0) is 50.5 Å². The Hall–Kier alpha value is -2.15. The molecule has 6 nitrogen and oxygen atoms in total. The minimum atomic E-state index is -0.207. The standard InChI is InChI=1S/C17H18N4O2S/c1-9-13-7-11(3-6-14(13)18-16(9)23)15(22)8-24-17-20-19-10(2)21(17)12-4-5-12/h3,6-7,9,12H,4-5,8H2,1-2H3,(H,18,23)/t9-/m1/s1. The molecule has 0 spiro atoms. The van der Waals surface area contributed by atoms with Crippen LogP contribution in [0.25, 0.3) is 0 Å². The minimum Gasteiger partial charge on any atom is -0.325 e. The Kier molecular flexibility index (Phi) is 3.68. The number of aryl methyl sites for hydroxylation is 1. The smallest absolute Gasteiger partial charge is 0.231 e. The van der Waals surface area contributed by atoms with Gasteiger partial charge < -0.3 is 9.88 Å². The molecular weight excluding hydrogens is 324 g/mol. The molecule has 24 heavy (non-hydrogen) atoms. The third kappa shape index (κ3) is 2.62. The third-order valence-corrected chi connectivity index (χ3v) is 5.51. The van der Waals surface area contributed by atoms with Crippen molar-refractivity contribution in [1.29, 1.82) is 0 Å². The minimum absolute atomic E-state index is 0.0167. The average molecular weight is 342 g/mol. The highest BCUT2D eigenvalue weighted by molar-refractivity contribution is 7.99. The van der Waals surface area contributed by atoms with Gasteiger partial charge in [-0.15, -0.1) is 10.2 Å². The van der Waals surface area contributed by atoms with Crippen molar-refractivity contribution < 1.29 is 9.59 Å². The Bertz CT molecular complexity index is 841. The first-order valence-electron chi connectivity index (χ1n) is 8.07. The van der Waals surface area contributed by atoms with Crippen LogP contribution < -0.4 is 5.32 Å². The van der Waals surface area contributed by atoms with E-state index in [9.17, 15) is 9.59 Å². The van der Waals surface area contributed by atoms with Crippen LogP contribution in [-0.4, -0.2) is 32.2 Å². The predicted molar refractivity (Wildman–Crippen MR) is 91.6 cm³/mol. The molecule has 2 heterocycles. The van der Waals surface area contributed by atoms with Gasteiger partial charge in [0, 0.05) is 17.3 Å². The van der Waals surface area contributed by atoms with Gasteiger partial charge in [0.05, 0.1) is 11.7 Å². The molecule has 1 aromatic carbocycles. The monoisotopic (exact) mass is 342 g/mol. The Balaban J connectivity index is 1.49. The van der Waals surface area contributed by atoms with Crippen molar-refractivity contribution in [2.24, 2.45) is 0 Å². The summed E-state index contributed by atoms with van der Waals surface area (Å²) in [5, 5.41) is 12.0. The van der Waals surface area contributed by atoms with Gasteiger partial charge in [0.25, 0.3) is 0 Å². The molecule has 0 saturated heterocycles. The number of rotatable bonds is 5. The van der Waals surface area contributed by atoms with Gasteiger partial charge in [-0.3, -0.25) is 9.59 Å². The van der Waals surface area contributed by atoms with Crippen LogP contribution in [0.5, 0.6) is 0 Å². The topological polar surface area (TPSA) is 76.9 Å². The number of nitrogens with zero attached hydrogens (tertiary/aromatic N) is 3. The fourth-order valence-corrected chi connectivity index (χ4v) is 3.95. The summed E-state index contributed by atoms with van der Waals surface area (Å²) < 4.78 is 2.13. The van der Waals surface area contributed by atoms with E-state index in [-0.39, 0.29) is 17.6 Å². The van der Waals surface area contributed by atoms with E-state index in [0.29, 0.717) is 17.4 Å². The van der Waals surface area contributed by atoms with E-state index in [1.54, 1.807) is 6.07 Å². The summed E-state index contributed by atoms with van der Waals surface area (Å²) >= 11 is 1.43. The van der Waals surface area contributed by atoms with Gasteiger partial charge in [-0.2, -0.15) is 0 Å². The van der Waals surface area contributed by atoms with Crippen LogP contribution in [0.1, 0.15) is 53.5 Å². The maximum Gasteiger partial charge on any atom is 0.231 e. The highest BCUT2D eigenvalue weighted by Crippen LogP contribution is 2.38. The largest absolute Gasteiger partial charge is 0.325 e. The van der Waals surface area contributed by atoms with Crippen molar-refractivity contribution in [3.8, 4) is 0 Å². The van der Waals surface area contributed by atoms with E-state index in [4.69, 9.17) is 0 Å². The number of carbonyl (C=O) groups is 2. The summed E-state index contributed by atoms with van der Waals surface area (Å²) in [6.07, 6.45) is 2.31. The second-order valence-corrected chi connectivity index (χ2v) is 7.30. The number of thioether (sulfide) groups is 1. The first kappa shape index (κ1) is 15.4. The zero-order valence-corrected chi connectivity index (χ0v) is 14.4. The number of benzene rings is 1. The van der Waals surface area contributed by atoms with E-state index in [1.807, 2.05) is 26.0 Å². The van der Waals surface area contributed by atoms with Crippen LogP contribution in [0.15, 0.2) is 23.4 Å². The van der Waals surface area contributed by atoms with Gasteiger partial charge in [0.1, 0.15) is 5.82 Å². The fraction of sp³-hybridized carbons (Fsp3) is 0.412. The number of carbonyl (C=O) groups excluding carboxylic acids is 2. The van der Waals surface area contributed by atoms with Crippen molar-refractivity contribution in [3.63, 3.8) is 0 Å². The van der Waals surface area contributed by atoms with Crippen LogP contribution in [-0.2, 0) is 4.79 Å². The van der Waals surface area contributed by atoms with Crippen LogP contribution in [0, 0.1) is 6.92 Å². The van der Waals surface area contributed by atoms with E-state index in [2.05, 4.69) is 20.1 Å². The summed E-state index contributed by atoms with van der Waals surface area (Å²) in [7, 11) is 0. The Labute approximate surface area is 144 Å². The van der Waals surface area contributed by atoms with Crippen molar-refractivity contribution >= 4 is 29.1 Å². The number of Topliss-reactive ketones (excluding diaryl/α,β-unsaturated/α-hetero) is 1. The summed E-state index contributed by atoms with van der Waals surface area (Å²) in [5.74, 6) is 1.04. The molecule has 1 atom stereocenters. The second kappa shape index (κ2) is 5.73. The summed E-state index contributed by atoms with van der Waals surface area (Å²) in [5.41, 5.74) is 2.34. The summed E-state index contributed by atoms with van der Waals surface area (Å²) in [4.78, 5) is 24.2. The van der Waals surface area contributed by atoms with Crippen LogP contribution in [0.3, 0.4) is 0 Å². The molecule has 0 unspecified atom stereocenters. The molecule has 124 valence electrons. The normalized spacial score (nSPS) is 19.2. The summed E-state index contributed by atoms with van der Waals surface area (Å²) in [6, 6.07) is 5.91. The van der Waals surface area contributed by atoms with Gasteiger partial charge in [0.2, 0.25) is 5.91 Å². The van der Waals surface area contributed by atoms with Crippen molar-refractivity contribution in [3.05, 3.63) is 35.2 Å². The first-order valence-corrected chi connectivity index (χ1v) is 9.05. The fourth-order valence-electron chi connectivity index (χ4n) is 3.01. The Morgan fingerprint density at radius 3 is 2.92 bits per heavy atom. The lowest BCUT2D eigenvalue weighted by Crippen LogP contribution is -2.08. The molecule has 1 amide bonds. The number of nitrogens with one attached hydrogen (secondary N) is 1. The highest BCUT2D eigenvalue weighted by Gasteiger charge is 2.29. The first-order chi connectivity index (χ1) is 11.5. The van der Waals surface area contributed by atoms with Crippen molar-refractivity contribution in [1.82, 2.24) is 14.8 Å². The van der Waals surface area contributed by atoms with E-state index < -0.39 is 0 Å². The number of hydrogen-bond donors (Lipinski definition) is 1. The van der Waals surface area contributed by atoms with Crippen molar-refractivity contribution in [2.45, 2.75) is 43.8 Å². The molecule has 7 heteroatoms. The number of anilines is 1. The molecule has 2 aliphatic rings. The van der Waals surface area contributed by atoms with Gasteiger partial charge in [0.15, 0.2) is 10.9 Å². The molecule has 1 fully saturated rings. The average Bonchev–Trinajstić information content (AvgIpc) is 3.28. The maximum atomic E-state index is 12.5. The lowest BCUT2D eigenvalue weighted by atomic mass is 9.99. The molecule has 1 aromatic heterocycles. The lowest BCUT2D eigenvalue weighted by Gasteiger charge is -2.07. The number of amides is 1. The lowest BCUT2D eigenvalue weighted by molar-refractivity contribution is -0.116. The van der Waals surface area contributed by atoms with E-state index >= 15 is 0 Å². The molecule has 1 N–H and O–H groups in total. The van der Waals surface area contributed by atoms with Crippen molar-refractivity contribution in [2.75, 3.05) is 11.1 Å². The van der Waals surface area contributed by atoms with Crippen LogP contribution in [0.4, 0.5) is 5.69 Å². The molecule has 4 rings (SSSR count). The van der Waals surface area contributed by atoms with Gasteiger partial charge in [-0.25, -0.2) is 0 Å². The molecule has 2 aromatic rings. The summed E-state index contributed by atoms with van der Waals surface area (Å²) in [6.45, 7) is 3.80. The number of hydrogen-bond acceptors (Lipinski definition) is 5. The molecule has 1 aliphatic carbocycles. The number of ketones is 1. The van der Waals surface area contributed by atoms with Gasteiger partial charge >= 0.3 is 0 Å². The SMILES string of the molecule is Cc1nnc(SCC(=O)c2ccc3c(c2)[C@@H](C)C(=O)N3)n1C1CC1. The molecule has 1 saturated carbocycles. The van der Waals surface area contributed by atoms with Crippen LogP contribution in [0.2, 0.25) is 0 Å². The molecular formula is C17H18N4O2S. The molecule has 0 bridgehead atoms. The predicted octanol–water partition coefficient (Wildman–Crippen LogP) is 2.95. The Morgan fingerprint density at radius 2 is 2.17 bits per heavy atom. The maximum absolute atomic E-state index is 12.5. The molecule has 0 radical (unpaired) electrons. The molecule has 1 aliphatic heterocycles. The van der Waals surface area contributed by atoms with E-state index in [1.165, 1.54) is 11.8 Å². The van der Waals surface area contributed by atoms with E-state index in [0.717, 1.165) is 35.1 Å². The Morgan fingerprint density at radius 1 is 1.38 bits per heavy atom. The third-order valence-electron chi connectivity index (χ3n) is 4.57. The zero-order valence-electron chi connectivity index (χ0n) is 13.6. The highest BCUT2D eigenvalue weighted by atomic mass is 32.2. The van der Waals surface area contributed by atoms with Crippen LogP contribution >= 0.6 is 11.8 Å². The number of fused-ring (bicyclic) bond motifs is 1.